The second kappa shape index (κ2) is 4.09. The molecule has 3 nitrogen and oxygen atoms in total. The van der Waals surface area contributed by atoms with E-state index in [1.807, 2.05) is 0 Å². The molecule has 0 saturated carbocycles. The molecule has 98 valence electrons. The second-order valence-corrected chi connectivity index (χ2v) is 6.43. The summed E-state index contributed by atoms with van der Waals surface area (Å²) in [6.45, 7) is 3.62. The van der Waals surface area contributed by atoms with Crippen molar-refractivity contribution in [2.75, 3.05) is 19.6 Å². The molecule has 4 aliphatic heterocycles. The highest BCUT2D eigenvalue weighted by Gasteiger charge is 2.49. The Balaban J connectivity index is 1.68. The Bertz CT molecular complexity index is 390. The maximum Gasteiger partial charge on any atom is 0.246 e. The number of hydrogen-bond acceptors (Lipinski definition) is 2. The van der Waals surface area contributed by atoms with Crippen LogP contribution >= 0.6 is 0 Å². The molecule has 0 aliphatic carbocycles. The minimum absolute atomic E-state index is 0.271. The van der Waals surface area contributed by atoms with Crippen LogP contribution in [0.3, 0.4) is 0 Å². The van der Waals surface area contributed by atoms with Gasteiger partial charge < -0.3 is 4.90 Å². The molecule has 0 aromatic heterocycles. The van der Waals surface area contributed by atoms with Gasteiger partial charge in [-0.05, 0) is 63.1 Å². The van der Waals surface area contributed by atoms with Gasteiger partial charge in [-0.2, -0.15) is 0 Å². The summed E-state index contributed by atoms with van der Waals surface area (Å²) < 4.78 is 0. The van der Waals surface area contributed by atoms with Crippen molar-refractivity contribution in [1.29, 1.82) is 0 Å². The molecule has 0 aromatic carbocycles. The quantitative estimate of drug-likeness (QED) is 0.649. The molecular formula is C15H22N2O. The maximum absolute atomic E-state index is 12.1. The van der Waals surface area contributed by atoms with E-state index in [0.29, 0.717) is 6.04 Å². The van der Waals surface area contributed by atoms with Gasteiger partial charge in [0.2, 0.25) is 5.91 Å². The van der Waals surface area contributed by atoms with Crippen molar-refractivity contribution in [1.82, 2.24) is 9.80 Å². The molecular weight excluding hydrogens is 224 g/mol. The van der Waals surface area contributed by atoms with Crippen molar-refractivity contribution in [2.24, 2.45) is 11.8 Å². The Morgan fingerprint density at radius 3 is 2.89 bits per heavy atom. The van der Waals surface area contributed by atoms with Gasteiger partial charge in [0.15, 0.2) is 0 Å². The average molecular weight is 246 g/mol. The van der Waals surface area contributed by atoms with Gasteiger partial charge in [-0.1, -0.05) is 6.08 Å². The van der Waals surface area contributed by atoms with Gasteiger partial charge in [0.25, 0.3) is 0 Å². The zero-order chi connectivity index (χ0) is 12.1. The van der Waals surface area contributed by atoms with E-state index in [-0.39, 0.29) is 5.91 Å². The largest absolute Gasteiger partial charge is 0.335 e. The molecule has 0 unspecified atom stereocenters. The minimum atomic E-state index is 0.271. The predicted molar refractivity (Wildman–Crippen MR) is 70.1 cm³/mol. The van der Waals surface area contributed by atoms with Crippen LogP contribution in [0.1, 0.15) is 32.1 Å². The first-order valence-electron chi connectivity index (χ1n) is 7.56. The van der Waals surface area contributed by atoms with Crippen LogP contribution in [0.15, 0.2) is 12.2 Å². The van der Waals surface area contributed by atoms with Gasteiger partial charge in [-0.15, -0.1) is 0 Å². The van der Waals surface area contributed by atoms with Crippen LogP contribution in [0.2, 0.25) is 0 Å². The molecule has 0 N–H and O–H groups in total. The molecule has 0 spiro atoms. The fourth-order valence-corrected chi connectivity index (χ4v) is 4.95. The lowest BCUT2D eigenvalue weighted by Crippen LogP contribution is -2.65. The summed E-state index contributed by atoms with van der Waals surface area (Å²) in [6, 6.07) is 1.29. The molecule has 18 heavy (non-hydrogen) atoms. The van der Waals surface area contributed by atoms with E-state index < -0.39 is 0 Å². The summed E-state index contributed by atoms with van der Waals surface area (Å²) in [4.78, 5) is 17.0. The predicted octanol–water partition coefficient (Wildman–Crippen LogP) is 1.65. The van der Waals surface area contributed by atoms with E-state index >= 15 is 0 Å². The van der Waals surface area contributed by atoms with Crippen molar-refractivity contribution in [3.8, 4) is 0 Å². The maximum atomic E-state index is 12.1. The van der Waals surface area contributed by atoms with E-state index in [1.54, 1.807) is 6.08 Å². The summed E-state index contributed by atoms with van der Waals surface area (Å²) in [5.74, 6) is 1.76. The Labute approximate surface area is 109 Å². The standard InChI is InChI=1S/C15H22N2O/c18-14-7-1-6-13-12-5-3-9-16-8-2-4-11(15(12)16)10-17(13)14/h1,7,11-13,15H,2-6,8-10H2/t11-,12+,13-,15-/m0/s1. The molecule has 1 amide bonds. The van der Waals surface area contributed by atoms with Crippen LogP contribution in [-0.4, -0.2) is 47.4 Å². The number of piperidine rings is 3. The monoisotopic (exact) mass is 246 g/mol. The zero-order valence-electron chi connectivity index (χ0n) is 10.9. The Kier molecular flexibility index (Phi) is 2.51. The zero-order valence-corrected chi connectivity index (χ0v) is 10.9. The number of carbonyl (C=O) groups is 1. The van der Waals surface area contributed by atoms with Crippen LogP contribution < -0.4 is 0 Å². The molecule has 4 rings (SSSR count). The van der Waals surface area contributed by atoms with Gasteiger partial charge >= 0.3 is 0 Å². The second-order valence-electron chi connectivity index (χ2n) is 6.43. The number of hydrogen-bond donors (Lipinski definition) is 0. The summed E-state index contributed by atoms with van der Waals surface area (Å²) in [7, 11) is 0. The number of fused-ring (bicyclic) bond motifs is 2. The summed E-state index contributed by atoms with van der Waals surface area (Å²) >= 11 is 0. The first-order chi connectivity index (χ1) is 8.84. The highest BCUT2D eigenvalue weighted by molar-refractivity contribution is 5.88. The highest BCUT2D eigenvalue weighted by atomic mass is 16.2. The fourth-order valence-electron chi connectivity index (χ4n) is 4.95. The first-order valence-corrected chi connectivity index (χ1v) is 7.56. The number of nitrogens with zero attached hydrogens (tertiary/aromatic N) is 2. The van der Waals surface area contributed by atoms with Crippen molar-refractivity contribution >= 4 is 5.91 Å². The van der Waals surface area contributed by atoms with Gasteiger partial charge in [-0.25, -0.2) is 0 Å². The number of amides is 1. The highest BCUT2D eigenvalue weighted by Crippen LogP contribution is 2.43. The lowest BCUT2D eigenvalue weighted by Gasteiger charge is -2.57. The summed E-state index contributed by atoms with van der Waals surface area (Å²) in [5, 5.41) is 0. The summed E-state index contributed by atoms with van der Waals surface area (Å²) in [5.41, 5.74) is 0. The number of rotatable bonds is 0. The van der Waals surface area contributed by atoms with Gasteiger partial charge in [0.1, 0.15) is 0 Å². The number of carbonyl (C=O) groups excluding carboxylic acids is 1. The normalized spacial score (nSPS) is 43.6. The van der Waals surface area contributed by atoms with Crippen LogP contribution in [0, 0.1) is 11.8 Å². The lowest BCUT2D eigenvalue weighted by atomic mass is 9.68. The van der Waals surface area contributed by atoms with Crippen molar-refractivity contribution < 1.29 is 4.79 Å². The third-order valence-corrected chi connectivity index (χ3v) is 5.59. The van der Waals surface area contributed by atoms with Gasteiger partial charge in [0.05, 0.1) is 0 Å². The topological polar surface area (TPSA) is 23.6 Å². The Morgan fingerprint density at radius 1 is 1.17 bits per heavy atom. The fraction of sp³-hybridized carbons (Fsp3) is 0.800. The Morgan fingerprint density at radius 2 is 2.00 bits per heavy atom. The smallest absolute Gasteiger partial charge is 0.246 e. The van der Waals surface area contributed by atoms with Gasteiger partial charge in [-0.3, -0.25) is 9.69 Å². The van der Waals surface area contributed by atoms with Crippen LogP contribution in [0.4, 0.5) is 0 Å². The van der Waals surface area contributed by atoms with E-state index in [9.17, 15) is 4.79 Å². The van der Waals surface area contributed by atoms with E-state index in [0.717, 1.165) is 30.8 Å². The molecule has 4 aliphatic rings. The summed E-state index contributed by atoms with van der Waals surface area (Å²) in [6.07, 6.45) is 10.3. The third kappa shape index (κ3) is 1.49. The third-order valence-electron chi connectivity index (χ3n) is 5.59. The SMILES string of the molecule is O=C1C=CC[C@H]2[C@H]3CCCN4CCC[C@@H](CN12)[C@@H]34. The average Bonchev–Trinajstić information content (AvgIpc) is 2.41. The van der Waals surface area contributed by atoms with E-state index in [4.69, 9.17) is 0 Å². The minimum Gasteiger partial charge on any atom is -0.335 e. The molecule has 4 heterocycles. The molecule has 4 atom stereocenters. The lowest BCUT2D eigenvalue weighted by molar-refractivity contribution is -0.141. The van der Waals surface area contributed by atoms with Crippen LogP contribution in [0.5, 0.6) is 0 Å². The van der Waals surface area contributed by atoms with Gasteiger partial charge in [0, 0.05) is 18.6 Å². The molecule has 0 bridgehead atoms. The van der Waals surface area contributed by atoms with Crippen LogP contribution in [-0.2, 0) is 4.79 Å². The molecule has 0 radical (unpaired) electrons. The molecule has 3 saturated heterocycles. The molecule has 3 fully saturated rings. The molecule has 0 aromatic rings. The van der Waals surface area contributed by atoms with Crippen molar-refractivity contribution in [3.63, 3.8) is 0 Å². The van der Waals surface area contributed by atoms with Crippen molar-refractivity contribution in [3.05, 3.63) is 12.2 Å². The van der Waals surface area contributed by atoms with E-state index in [2.05, 4.69) is 15.9 Å². The molecule has 3 heteroatoms. The van der Waals surface area contributed by atoms with Crippen LogP contribution in [0.25, 0.3) is 0 Å². The van der Waals surface area contributed by atoms with E-state index in [1.165, 1.54) is 38.8 Å². The Hall–Kier alpha value is -0.830. The first kappa shape index (κ1) is 11.0. The van der Waals surface area contributed by atoms with Crippen molar-refractivity contribution in [2.45, 2.75) is 44.2 Å².